The molecule has 0 aliphatic heterocycles. The van der Waals surface area contributed by atoms with E-state index >= 15 is 0 Å². The molecule has 0 radical (unpaired) electrons. The second-order valence-corrected chi connectivity index (χ2v) is 3.57. The van der Waals surface area contributed by atoms with Crippen molar-refractivity contribution in [3.8, 4) is 0 Å². The molecule has 0 spiro atoms. The van der Waals surface area contributed by atoms with Gasteiger partial charge in [0.2, 0.25) is 5.91 Å². The van der Waals surface area contributed by atoms with E-state index in [1.807, 2.05) is 7.05 Å². The first-order chi connectivity index (χ1) is 5.74. The molecule has 1 amide bonds. The summed E-state index contributed by atoms with van der Waals surface area (Å²) in [7, 11) is 1.85. The molecular formula is C10H17NO. The van der Waals surface area contributed by atoms with Gasteiger partial charge in [0.25, 0.3) is 0 Å². The van der Waals surface area contributed by atoms with Crippen LogP contribution in [0.2, 0.25) is 0 Å². The third kappa shape index (κ3) is 2.36. The predicted molar refractivity (Wildman–Crippen MR) is 49.8 cm³/mol. The molecule has 0 unspecified atom stereocenters. The Morgan fingerprint density at radius 1 is 1.58 bits per heavy atom. The molecule has 2 heteroatoms. The Morgan fingerprint density at radius 3 is 2.67 bits per heavy atom. The van der Waals surface area contributed by atoms with E-state index in [2.05, 4.69) is 6.58 Å². The quantitative estimate of drug-likeness (QED) is 0.587. The second-order valence-electron chi connectivity index (χ2n) is 3.57. The lowest BCUT2D eigenvalue weighted by Crippen LogP contribution is -2.29. The average molecular weight is 167 g/mol. The zero-order valence-corrected chi connectivity index (χ0v) is 7.75. The van der Waals surface area contributed by atoms with Crippen LogP contribution in [0, 0.1) is 5.92 Å². The smallest absolute Gasteiger partial charge is 0.245 e. The van der Waals surface area contributed by atoms with E-state index in [1.54, 1.807) is 4.90 Å². The van der Waals surface area contributed by atoms with Crippen molar-refractivity contribution in [1.29, 1.82) is 0 Å². The van der Waals surface area contributed by atoms with Gasteiger partial charge in [0, 0.05) is 13.6 Å². The molecule has 0 saturated heterocycles. The summed E-state index contributed by atoms with van der Waals surface area (Å²) in [5.74, 6) is 0.779. The van der Waals surface area contributed by atoms with Gasteiger partial charge in [-0.3, -0.25) is 4.79 Å². The summed E-state index contributed by atoms with van der Waals surface area (Å²) in [4.78, 5) is 12.9. The van der Waals surface area contributed by atoms with Gasteiger partial charge in [0.05, 0.1) is 0 Å². The molecule has 68 valence electrons. The molecule has 0 aromatic rings. The fourth-order valence-electron chi connectivity index (χ4n) is 1.83. The third-order valence-electron chi connectivity index (χ3n) is 2.56. The van der Waals surface area contributed by atoms with Crippen LogP contribution in [0.1, 0.15) is 25.7 Å². The fourth-order valence-corrected chi connectivity index (χ4v) is 1.83. The summed E-state index contributed by atoms with van der Waals surface area (Å²) in [6.45, 7) is 4.37. The van der Waals surface area contributed by atoms with Crippen molar-refractivity contribution < 1.29 is 4.79 Å². The molecule has 2 nitrogen and oxygen atoms in total. The van der Waals surface area contributed by atoms with E-state index in [4.69, 9.17) is 0 Å². The topological polar surface area (TPSA) is 20.3 Å². The molecule has 0 atom stereocenters. The van der Waals surface area contributed by atoms with Crippen LogP contribution in [0.15, 0.2) is 12.7 Å². The summed E-state index contributed by atoms with van der Waals surface area (Å²) in [6, 6.07) is 0. The Bertz CT molecular complexity index is 171. The lowest BCUT2D eigenvalue weighted by Gasteiger charge is -2.19. The van der Waals surface area contributed by atoms with E-state index in [-0.39, 0.29) is 5.91 Å². The number of carbonyl (C=O) groups is 1. The fraction of sp³-hybridized carbons (Fsp3) is 0.700. The first-order valence-electron chi connectivity index (χ1n) is 4.61. The Kier molecular flexibility index (Phi) is 3.32. The van der Waals surface area contributed by atoms with Crippen molar-refractivity contribution >= 4 is 5.91 Å². The molecule has 1 aliphatic rings. The normalized spacial score (nSPS) is 17.8. The average Bonchev–Trinajstić information content (AvgIpc) is 2.55. The monoisotopic (exact) mass is 167 g/mol. The van der Waals surface area contributed by atoms with Crippen LogP contribution >= 0.6 is 0 Å². The van der Waals surface area contributed by atoms with Crippen molar-refractivity contribution in [3.05, 3.63) is 12.7 Å². The van der Waals surface area contributed by atoms with Crippen molar-refractivity contribution in [3.63, 3.8) is 0 Å². The van der Waals surface area contributed by atoms with E-state index < -0.39 is 0 Å². The number of carbonyl (C=O) groups excluding carboxylic acids is 1. The van der Waals surface area contributed by atoms with Gasteiger partial charge in [-0.05, 0) is 24.8 Å². The number of rotatable bonds is 3. The summed E-state index contributed by atoms with van der Waals surface area (Å²) in [5.41, 5.74) is 0. The minimum Gasteiger partial charge on any atom is -0.342 e. The Balaban J connectivity index is 2.29. The first kappa shape index (κ1) is 9.30. The van der Waals surface area contributed by atoms with Gasteiger partial charge in [0.15, 0.2) is 0 Å². The Hall–Kier alpha value is -0.790. The minimum absolute atomic E-state index is 0.0434. The van der Waals surface area contributed by atoms with Crippen molar-refractivity contribution in [2.24, 2.45) is 5.92 Å². The maximum Gasteiger partial charge on any atom is 0.245 e. The maximum atomic E-state index is 11.1. The van der Waals surface area contributed by atoms with Crippen LogP contribution in [-0.2, 0) is 4.79 Å². The molecule has 12 heavy (non-hydrogen) atoms. The SMILES string of the molecule is C=CC(=O)N(C)CC1CCCC1. The Labute approximate surface area is 74.2 Å². The lowest BCUT2D eigenvalue weighted by molar-refractivity contribution is -0.125. The molecular weight excluding hydrogens is 150 g/mol. The van der Waals surface area contributed by atoms with E-state index in [1.165, 1.54) is 31.8 Å². The van der Waals surface area contributed by atoms with Crippen LogP contribution in [0.4, 0.5) is 0 Å². The zero-order valence-electron chi connectivity index (χ0n) is 7.75. The standard InChI is InChI=1S/C10H17NO/c1-3-10(12)11(2)8-9-6-4-5-7-9/h3,9H,1,4-8H2,2H3. The lowest BCUT2D eigenvalue weighted by atomic mass is 10.1. The highest BCUT2D eigenvalue weighted by molar-refractivity contribution is 5.86. The molecule has 0 N–H and O–H groups in total. The maximum absolute atomic E-state index is 11.1. The molecule has 0 bridgehead atoms. The summed E-state index contributed by atoms with van der Waals surface area (Å²) < 4.78 is 0. The van der Waals surface area contributed by atoms with Crippen LogP contribution in [0.5, 0.6) is 0 Å². The first-order valence-corrected chi connectivity index (χ1v) is 4.61. The number of hydrogen-bond acceptors (Lipinski definition) is 1. The largest absolute Gasteiger partial charge is 0.342 e. The van der Waals surface area contributed by atoms with Gasteiger partial charge < -0.3 is 4.90 Å². The van der Waals surface area contributed by atoms with Crippen LogP contribution in [0.25, 0.3) is 0 Å². The number of likely N-dealkylation sites (N-methyl/N-ethyl adjacent to an activating group) is 1. The summed E-state index contributed by atoms with van der Waals surface area (Å²) >= 11 is 0. The van der Waals surface area contributed by atoms with Crippen molar-refractivity contribution in [2.45, 2.75) is 25.7 Å². The summed E-state index contributed by atoms with van der Waals surface area (Å²) in [5, 5.41) is 0. The molecule has 1 aliphatic carbocycles. The minimum atomic E-state index is 0.0434. The Morgan fingerprint density at radius 2 is 2.17 bits per heavy atom. The zero-order chi connectivity index (χ0) is 8.97. The molecule has 0 aromatic carbocycles. The third-order valence-corrected chi connectivity index (χ3v) is 2.56. The molecule has 0 aromatic heterocycles. The van der Waals surface area contributed by atoms with E-state index in [0.717, 1.165) is 12.5 Å². The van der Waals surface area contributed by atoms with Gasteiger partial charge in [-0.25, -0.2) is 0 Å². The van der Waals surface area contributed by atoms with Gasteiger partial charge in [-0.1, -0.05) is 19.4 Å². The number of nitrogens with zero attached hydrogens (tertiary/aromatic N) is 1. The van der Waals surface area contributed by atoms with Gasteiger partial charge in [-0.15, -0.1) is 0 Å². The number of amides is 1. The van der Waals surface area contributed by atoms with E-state index in [9.17, 15) is 4.79 Å². The van der Waals surface area contributed by atoms with Crippen molar-refractivity contribution in [2.75, 3.05) is 13.6 Å². The van der Waals surface area contributed by atoms with Gasteiger partial charge >= 0.3 is 0 Å². The molecule has 1 saturated carbocycles. The van der Waals surface area contributed by atoms with E-state index in [0.29, 0.717) is 0 Å². The predicted octanol–water partition coefficient (Wildman–Crippen LogP) is 1.82. The highest BCUT2D eigenvalue weighted by atomic mass is 16.2. The van der Waals surface area contributed by atoms with Crippen LogP contribution in [0.3, 0.4) is 0 Å². The molecule has 1 rings (SSSR count). The molecule has 0 heterocycles. The highest BCUT2D eigenvalue weighted by Gasteiger charge is 2.17. The molecule has 1 fully saturated rings. The number of hydrogen-bond donors (Lipinski definition) is 0. The van der Waals surface area contributed by atoms with Crippen LogP contribution < -0.4 is 0 Å². The van der Waals surface area contributed by atoms with Gasteiger partial charge in [-0.2, -0.15) is 0 Å². The summed E-state index contributed by atoms with van der Waals surface area (Å²) in [6.07, 6.45) is 6.63. The highest BCUT2D eigenvalue weighted by Crippen LogP contribution is 2.25. The second kappa shape index (κ2) is 4.29. The van der Waals surface area contributed by atoms with Gasteiger partial charge in [0.1, 0.15) is 0 Å². The van der Waals surface area contributed by atoms with Crippen LogP contribution in [-0.4, -0.2) is 24.4 Å². The van der Waals surface area contributed by atoms with Crippen molar-refractivity contribution in [1.82, 2.24) is 4.90 Å².